The summed E-state index contributed by atoms with van der Waals surface area (Å²) in [5, 5.41) is 0. The Morgan fingerprint density at radius 3 is 1.28 bits per heavy atom. The first-order valence-corrected chi connectivity index (χ1v) is 10.4. The molecule has 8 heteroatoms. The first kappa shape index (κ1) is 26.9. The zero-order valence-electron chi connectivity index (χ0n) is 18.9. The van der Waals surface area contributed by atoms with Crippen LogP contribution in [-0.2, 0) is 28.7 Å². The molecule has 0 heterocycles. The van der Waals surface area contributed by atoms with Gasteiger partial charge in [-0.25, -0.2) is 0 Å². The lowest BCUT2D eigenvalue weighted by Crippen LogP contribution is -2.42. The quantitative estimate of drug-likeness (QED) is 0.246. The van der Waals surface area contributed by atoms with Crippen molar-refractivity contribution in [3.63, 3.8) is 0 Å². The molecule has 0 aromatic carbocycles. The first-order valence-electron chi connectivity index (χ1n) is 10.4. The average molecular weight is 415 g/mol. The van der Waals surface area contributed by atoms with Crippen LogP contribution in [0.4, 0.5) is 0 Å². The lowest BCUT2D eigenvalue weighted by atomic mass is 9.77. The molecular weight excluding hydrogens is 376 g/mol. The Morgan fingerprint density at radius 2 is 1.00 bits per heavy atom. The molecule has 0 atom stereocenters. The van der Waals surface area contributed by atoms with E-state index in [2.05, 4.69) is 0 Å². The number of hydrogen-bond donors (Lipinski definition) is 0. The van der Waals surface area contributed by atoms with Crippen molar-refractivity contribution < 1.29 is 28.7 Å². The molecule has 0 N–H and O–H groups in total. The summed E-state index contributed by atoms with van der Waals surface area (Å²) in [6, 6.07) is 0. The van der Waals surface area contributed by atoms with Gasteiger partial charge < -0.3 is 19.3 Å². The van der Waals surface area contributed by atoms with Crippen LogP contribution in [0.2, 0.25) is 0 Å². The van der Waals surface area contributed by atoms with Crippen molar-refractivity contribution in [2.75, 3.05) is 41.4 Å². The number of amides is 2. The molecule has 0 bridgehead atoms. The van der Waals surface area contributed by atoms with Crippen molar-refractivity contribution in [1.29, 1.82) is 0 Å². The summed E-state index contributed by atoms with van der Waals surface area (Å²) >= 11 is 0. The van der Waals surface area contributed by atoms with Crippen LogP contribution >= 0.6 is 0 Å². The zero-order valence-corrected chi connectivity index (χ0v) is 18.9. The van der Waals surface area contributed by atoms with Gasteiger partial charge in [-0.2, -0.15) is 0 Å². The molecule has 0 unspecified atom stereocenters. The molecule has 0 radical (unpaired) electrons. The van der Waals surface area contributed by atoms with Crippen LogP contribution in [0.3, 0.4) is 0 Å². The molecule has 0 aromatic rings. The van der Waals surface area contributed by atoms with Crippen LogP contribution in [0.25, 0.3) is 0 Å². The van der Waals surface area contributed by atoms with Gasteiger partial charge >= 0.3 is 11.9 Å². The maximum absolute atomic E-state index is 12.8. The molecule has 0 aromatic heterocycles. The van der Waals surface area contributed by atoms with E-state index in [9.17, 15) is 19.2 Å². The highest BCUT2D eigenvalue weighted by molar-refractivity contribution is 6.00. The van der Waals surface area contributed by atoms with Crippen LogP contribution in [0, 0.1) is 5.41 Å². The van der Waals surface area contributed by atoms with Crippen molar-refractivity contribution in [1.82, 2.24) is 9.80 Å². The molecule has 8 nitrogen and oxygen atoms in total. The van der Waals surface area contributed by atoms with Crippen LogP contribution in [0.1, 0.15) is 65.2 Å². The van der Waals surface area contributed by atoms with Gasteiger partial charge in [-0.15, -0.1) is 0 Å². The third-order valence-corrected chi connectivity index (χ3v) is 4.82. The SMILES string of the molecule is CCOC(=O)C(CCCCC(=O)N(C)C)(CCCCC(=O)N(C)C)C(=O)OCC. The van der Waals surface area contributed by atoms with E-state index in [0.717, 1.165) is 0 Å². The van der Waals surface area contributed by atoms with Crippen LogP contribution in [0.5, 0.6) is 0 Å². The summed E-state index contributed by atoms with van der Waals surface area (Å²) in [6.45, 7) is 3.72. The molecule has 0 spiro atoms. The van der Waals surface area contributed by atoms with Crippen LogP contribution < -0.4 is 0 Å². The molecule has 0 saturated carbocycles. The largest absolute Gasteiger partial charge is 0.465 e. The van der Waals surface area contributed by atoms with E-state index in [4.69, 9.17) is 9.47 Å². The van der Waals surface area contributed by atoms with Crippen LogP contribution in [0.15, 0.2) is 0 Å². The summed E-state index contributed by atoms with van der Waals surface area (Å²) in [6.07, 6.45) is 3.40. The molecule has 0 rings (SSSR count). The average Bonchev–Trinajstić information content (AvgIpc) is 2.66. The van der Waals surface area contributed by atoms with E-state index < -0.39 is 17.4 Å². The third kappa shape index (κ3) is 9.28. The third-order valence-electron chi connectivity index (χ3n) is 4.82. The minimum Gasteiger partial charge on any atom is -0.465 e. The highest BCUT2D eigenvalue weighted by atomic mass is 16.6. The number of carbonyl (C=O) groups excluding carboxylic acids is 4. The van der Waals surface area contributed by atoms with Crippen LogP contribution in [-0.4, -0.2) is 75.0 Å². The van der Waals surface area contributed by atoms with Gasteiger partial charge in [0, 0.05) is 41.0 Å². The van der Waals surface area contributed by atoms with Crippen molar-refractivity contribution in [3.8, 4) is 0 Å². The minimum atomic E-state index is -1.39. The Bertz CT molecular complexity index is 497. The van der Waals surface area contributed by atoms with Gasteiger partial charge in [0.05, 0.1) is 13.2 Å². The van der Waals surface area contributed by atoms with Gasteiger partial charge in [0.15, 0.2) is 5.41 Å². The van der Waals surface area contributed by atoms with E-state index in [1.54, 1.807) is 42.0 Å². The number of esters is 2. The smallest absolute Gasteiger partial charge is 0.323 e. The van der Waals surface area contributed by atoms with Gasteiger partial charge in [0.2, 0.25) is 11.8 Å². The second-order valence-electron chi connectivity index (χ2n) is 7.51. The molecule has 29 heavy (non-hydrogen) atoms. The highest BCUT2D eigenvalue weighted by Gasteiger charge is 2.47. The summed E-state index contributed by atoms with van der Waals surface area (Å²) < 4.78 is 10.4. The first-order chi connectivity index (χ1) is 13.6. The van der Waals surface area contributed by atoms with Gasteiger partial charge in [-0.3, -0.25) is 19.2 Å². The summed E-state index contributed by atoms with van der Waals surface area (Å²) in [5.74, 6) is -1.16. The van der Waals surface area contributed by atoms with E-state index in [1.165, 1.54) is 9.80 Å². The second-order valence-corrected chi connectivity index (χ2v) is 7.51. The second kappa shape index (κ2) is 14.0. The van der Waals surface area contributed by atoms with Crippen molar-refractivity contribution in [3.05, 3.63) is 0 Å². The number of unbranched alkanes of at least 4 members (excludes halogenated alkanes) is 2. The normalized spacial score (nSPS) is 11.0. The van der Waals surface area contributed by atoms with E-state index >= 15 is 0 Å². The van der Waals surface area contributed by atoms with E-state index in [1.807, 2.05) is 0 Å². The van der Waals surface area contributed by atoms with Gasteiger partial charge in [0.25, 0.3) is 0 Å². The summed E-state index contributed by atoms with van der Waals surface area (Å²) in [7, 11) is 6.77. The molecule has 0 fully saturated rings. The molecule has 0 saturated heterocycles. The predicted molar refractivity (Wildman–Crippen MR) is 110 cm³/mol. The predicted octanol–water partition coefficient (Wildman–Crippen LogP) is 2.40. The zero-order chi connectivity index (χ0) is 22.4. The summed E-state index contributed by atoms with van der Waals surface area (Å²) in [4.78, 5) is 52.2. The Morgan fingerprint density at radius 1 is 0.655 bits per heavy atom. The maximum atomic E-state index is 12.8. The van der Waals surface area contributed by atoms with Gasteiger partial charge in [0.1, 0.15) is 0 Å². The maximum Gasteiger partial charge on any atom is 0.323 e. The Hall–Kier alpha value is -2.12. The lowest BCUT2D eigenvalue weighted by molar-refractivity contribution is -0.173. The topological polar surface area (TPSA) is 93.2 Å². The number of hydrogen-bond acceptors (Lipinski definition) is 6. The van der Waals surface area contributed by atoms with E-state index in [-0.39, 0.29) is 37.9 Å². The van der Waals surface area contributed by atoms with Crippen molar-refractivity contribution in [2.45, 2.75) is 65.2 Å². The monoisotopic (exact) mass is 414 g/mol. The number of ether oxygens (including phenoxy) is 2. The molecule has 0 aliphatic heterocycles. The Labute approximate surface area is 174 Å². The molecule has 0 aliphatic rings. The summed E-state index contributed by atoms with van der Waals surface area (Å²) in [5.41, 5.74) is -1.39. The molecule has 168 valence electrons. The molecular formula is C21H38N2O6. The highest BCUT2D eigenvalue weighted by Crippen LogP contribution is 2.35. The van der Waals surface area contributed by atoms with Gasteiger partial charge in [-0.05, 0) is 39.5 Å². The fourth-order valence-corrected chi connectivity index (χ4v) is 3.01. The van der Waals surface area contributed by atoms with Crippen molar-refractivity contribution in [2.24, 2.45) is 5.41 Å². The Balaban J connectivity index is 5.21. The minimum absolute atomic E-state index is 0.00469. The fraction of sp³-hybridized carbons (Fsp3) is 0.810. The molecule has 0 aliphatic carbocycles. The fourth-order valence-electron chi connectivity index (χ4n) is 3.01. The standard InChI is InChI=1S/C21H38N2O6/c1-7-28-19(26)21(20(27)29-8-2,15-11-9-13-17(24)22(3)4)16-12-10-14-18(25)23(5)6/h7-16H2,1-6H3. The lowest BCUT2D eigenvalue weighted by Gasteiger charge is -2.29. The van der Waals surface area contributed by atoms with Crippen molar-refractivity contribution >= 4 is 23.8 Å². The van der Waals surface area contributed by atoms with E-state index in [0.29, 0.717) is 38.5 Å². The number of carbonyl (C=O) groups is 4. The van der Waals surface area contributed by atoms with Gasteiger partial charge in [-0.1, -0.05) is 12.8 Å². The Kier molecular flexibility index (Phi) is 12.9. The number of rotatable bonds is 14. The number of nitrogens with zero attached hydrogens (tertiary/aromatic N) is 2. The molecule has 2 amide bonds.